The Bertz CT molecular complexity index is 2170. The Morgan fingerprint density at radius 3 is 2.61 bits per heavy atom. The maximum absolute atomic E-state index is 14.6. The summed E-state index contributed by atoms with van der Waals surface area (Å²) in [6.07, 6.45) is 10.6. The lowest BCUT2D eigenvalue weighted by Gasteiger charge is -2.24. The van der Waals surface area contributed by atoms with Gasteiger partial charge in [0.2, 0.25) is 15.9 Å². The van der Waals surface area contributed by atoms with Crippen molar-refractivity contribution in [2.75, 3.05) is 11.6 Å². The van der Waals surface area contributed by atoms with Gasteiger partial charge in [0.05, 0.1) is 40.9 Å². The van der Waals surface area contributed by atoms with E-state index >= 15 is 0 Å². The second kappa shape index (κ2) is 10.9. The number of carbonyl (C=O) groups is 1. The molecule has 4 aromatic heterocycles. The number of aromatic nitrogens is 6. The number of amides is 1. The molecule has 0 aliphatic heterocycles. The molecule has 222 valence electrons. The van der Waals surface area contributed by atoms with Crippen LogP contribution in [-0.2, 0) is 21.4 Å². The van der Waals surface area contributed by atoms with E-state index in [9.17, 15) is 17.6 Å². The van der Waals surface area contributed by atoms with Crippen LogP contribution in [0, 0.1) is 11.7 Å². The molecule has 1 saturated carbocycles. The number of anilines is 1. The van der Waals surface area contributed by atoms with Gasteiger partial charge >= 0.3 is 0 Å². The molecular formula is C31H27FN8O3S. The van der Waals surface area contributed by atoms with Crippen LogP contribution in [0.5, 0.6) is 0 Å². The number of nitrogens with zero attached hydrogens (tertiary/aromatic N) is 4. The molecule has 0 saturated heterocycles. The minimum absolute atomic E-state index is 0.0292. The Hall–Kier alpha value is -5.01. The van der Waals surface area contributed by atoms with Gasteiger partial charge in [0, 0.05) is 41.4 Å². The molecule has 2 aromatic carbocycles. The normalized spacial score (nSPS) is 13.8. The Morgan fingerprint density at radius 1 is 0.977 bits per heavy atom. The zero-order valence-corrected chi connectivity index (χ0v) is 24.4. The van der Waals surface area contributed by atoms with Crippen LogP contribution in [0.15, 0.2) is 67.3 Å². The van der Waals surface area contributed by atoms with Crippen molar-refractivity contribution in [1.29, 1.82) is 0 Å². The van der Waals surface area contributed by atoms with Crippen molar-refractivity contribution in [3.63, 3.8) is 0 Å². The third-order valence-corrected chi connectivity index (χ3v) is 8.47. The summed E-state index contributed by atoms with van der Waals surface area (Å²) in [6, 6.07) is 12.1. The third kappa shape index (κ3) is 5.54. The van der Waals surface area contributed by atoms with Crippen molar-refractivity contribution < 1.29 is 17.6 Å². The average molecular weight is 611 g/mol. The maximum Gasteiger partial charge on any atom is 0.227 e. The number of hydrogen-bond donors (Lipinski definition) is 4. The van der Waals surface area contributed by atoms with E-state index in [0.29, 0.717) is 44.9 Å². The Kier molecular flexibility index (Phi) is 6.90. The molecule has 0 unspecified atom stereocenters. The lowest BCUT2D eigenvalue weighted by molar-refractivity contribution is -0.122. The first-order valence-electron chi connectivity index (χ1n) is 14.0. The molecule has 13 heteroatoms. The van der Waals surface area contributed by atoms with Crippen molar-refractivity contribution in [2.45, 2.75) is 25.8 Å². The number of imidazole rings is 1. The van der Waals surface area contributed by atoms with E-state index in [1.54, 1.807) is 30.9 Å². The summed E-state index contributed by atoms with van der Waals surface area (Å²) in [5.74, 6) is 0.0876. The van der Waals surface area contributed by atoms with E-state index in [1.165, 1.54) is 12.1 Å². The maximum atomic E-state index is 14.6. The smallest absolute Gasteiger partial charge is 0.227 e. The van der Waals surface area contributed by atoms with Crippen LogP contribution in [0.4, 0.5) is 10.1 Å². The summed E-state index contributed by atoms with van der Waals surface area (Å²) in [6.45, 7) is -0.0499. The number of aromatic amines is 2. The minimum atomic E-state index is -3.45. The highest BCUT2D eigenvalue weighted by Gasteiger charge is 2.25. The molecule has 7 rings (SSSR count). The van der Waals surface area contributed by atoms with E-state index in [1.807, 2.05) is 24.3 Å². The number of pyridine rings is 2. The largest absolute Gasteiger partial charge is 0.335 e. The molecule has 11 nitrogen and oxygen atoms in total. The van der Waals surface area contributed by atoms with E-state index in [4.69, 9.17) is 4.98 Å². The highest BCUT2D eigenvalue weighted by Crippen LogP contribution is 2.34. The van der Waals surface area contributed by atoms with E-state index < -0.39 is 15.8 Å². The molecule has 1 amide bonds. The Labute approximate surface area is 251 Å². The second-order valence-electron chi connectivity index (χ2n) is 11.0. The summed E-state index contributed by atoms with van der Waals surface area (Å²) in [5.41, 5.74) is 6.52. The van der Waals surface area contributed by atoms with Gasteiger partial charge in [-0.1, -0.05) is 12.5 Å². The molecular weight excluding hydrogens is 583 g/mol. The van der Waals surface area contributed by atoms with Crippen LogP contribution in [0.2, 0.25) is 0 Å². The fourth-order valence-electron chi connectivity index (χ4n) is 5.33. The van der Waals surface area contributed by atoms with Crippen molar-refractivity contribution >= 4 is 43.6 Å². The molecule has 1 fully saturated rings. The van der Waals surface area contributed by atoms with Crippen LogP contribution >= 0.6 is 0 Å². The molecule has 0 atom stereocenters. The first-order valence-corrected chi connectivity index (χ1v) is 15.9. The number of hydrogen-bond acceptors (Lipinski definition) is 7. The van der Waals surface area contributed by atoms with Crippen LogP contribution < -0.4 is 10.0 Å². The average Bonchev–Trinajstić information content (AvgIpc) is 3.58. The predicted octanol–water partition coefficient (Wildman–Crippen LogP) is 5.16. The molecule has 0 bridgehead atoms. The molecule has 4 heterocycles. The monoisotopic (exact) mass is 610 g/mol. The number of rotatable bonds is 8. The number of benzene rings is 2. The van der Waals surface area contributed by atoms with Crippen LogP contribution in [0.1, 0.15) is 24.8 Å². The van der Waals surface area contributed by atoms with Gasteiger partial charge in [-0.3, -0.25) is 19.9 Å². The van der Waals surface area contributed by atoms with Crippen LogP contribution in [0.3, 0.4) is 0 Å². The quantitative estimate of drug-likeness (QED) is 0.185. The first-order chi connectivity index (χ1) is 21.2. The standard InChI is InChI=1S/C31H27FN8O3S/c1-44(42,43)35-12-17-7-20(9-22(32)8-17)25-15-34-16-27-28(25)38-30(37-27)29-24-11-19(5-6-26(24)39-40-29)21-10-23(14-33-13-21)36-31(41)18-3-2-4-18/h5-11,13-16,18,35H,2-4,12H2,1H3,(H,36,41)(H,37,38)(H,39,40). The number of halogens is 1. The highest BCUT2D eigenvalue weighted by molar-refractivity contribution is 7.88. The number of carbonyl (C=O) groups excluding carboxylic acids is 1. The predicted molar refractivity (Wildman–Crippen MR) is 165 cm³/mol. The van der Waals surface area contributed by atoms with Crippen LogP contribution in [-0.4, -0.2) is 50.7 Å². The van der Waals surface area contributed by atoms with Crippen molar-refractivity contribution in [3.05, 3.63) is 78.6 Å². The molecule has 0 radical (unpaired) electrons. The molecule has 44 heavy (non-hydrogen) atoms. The fraction of sp³-hybridized carbons (Fsp3) is 0.194. The summed E-state index contributed by atoms with van der Waals surface area (Å²) in [5, 5.41) is 11.4. The Balaban J connectivity index is 1.23. The van der Waals surface area contributed by atoms with E-state index in [2.05, 4.69) is 35.2 Å². The number of H-pyrrole nitrogens is 2. The molecule has 1 aliphatic rings. The van der Waals surface area contributed by atoms with Gasteiger partial charge in [0.1, 0.15) is 11.5 Å². The number of fused-ring (bicyclic) bond motifs is 2. The molecule has 0 spiro atoms. The SMILES string of the molecule is CS(=O)(=O)NCc1cc(F)cc(-c2cncc3[nH]c(-c4n[nH]c5ccc(-c6cncc(NC(=O)C7CCC7)c6)cc45)nc23)c1. The zero-order chi connectivity index (χ0) is 30.4. The molecule has 6 aromatic rings. The summed E-state index contributed by atoms with van der Waals surface area (Å²) in [4.78, 5) is 29.2. The van der Waals surface area contributed by atoms with Gasteiger partial charge in [-0.15, -0.1) is 0 Å². The van der Waals surface area contributed by atoms with Crippen molar-refractivity contribution in [3.8, 4) is 33.8 Å². The fourth-order valence-corrected chi connectivity index (χ4v) is 5.76. The number of nitrogens with one attached hydrogen (secondary N) is 4. The first kappa shape index (κ1) is 27.8. The van der Waals surface area contributed by atoms with Crippen molar-refractivity contribution in [2.24, 2.45) is 5.92 Å². The highest BCUT2D eigenvalue weighted by atomic mass is 32.2. The zero-order valence-electron chi connectivity index (χ0n) is 23.6. The van der Waals surface area contributed by atoms with Gasteiger partial charge in [-0.2, -0.15) is 5.10 Å². The molecule has 4 N–H and O–H groups in total. The van der Waals surface area contributed by atoms with Gasteiger partial charge in [0.25, 0.3) is 0 Å². The third-order valence-electron chi connectivity index (χ3n) is 7.80. The summed E-state index contributed by atoms with van der Waals surface area (Å²) < 4.78 is 40.1. The van der Waals surface area contributed by atoms with Gasteiger partial charge in [-0.25, -0.2) is 22.5 Å². The second-order valence-corrected chi connectivity index (χ2v) is 12.9. The van der Waals surface area contributed by atoms with E-state index in [0.717, 1.165) is 47.5 Å². The summed E-state index contributed by atoms with van der Waals surface area (Å²) >= 11 is 0. The van der Waals surface area contributed by atoms with Crippen LogP contribution in [0.25, 0.3) is 55.7 Å². The lowest BCUT2D eigenvalue weighted by Crippen LogP contribution is -2.28. The lowest BCUT2D eigenvalue weighted by atomic mass is 9.85. The summed E-state index contributed by atoms with van der Waals surface area (Å²) in [7, 11) is -3.45. The van der Waals surface area contributed by atoms with Gasteiger partial charge in [-0.05, 0) is 65.9 Å². The molecule has 1 aliphatic carbocycles. The van der Waals surface area contributed by atoms with E-state index in [-0.39, 0.29) is 18.4 Å². The topological polar surface area (TPSA) is 158 Å². The minimum Gasteiger partial charge on any atom is -0.335 e. The van der Waals surface area contributed by atoms with Gasteiger partial charge in [0.15, 0.2) is 5.82 Å². The van der Waals surface area contributed by atoms with Gasteiger partial charge < -0.3 is 10.3 Å². The van der Waals surface area contributed by atoms with Crippen molar-refractivity contribution in [1.82, 2.24) is 34.9 Å². The Morgan fingerprint density at radius 2 is 1.82 bits per heavy atom. The number of sulfonamides is 1.